The van der Waals surface area contributed by atoms with Gasteiger partial charge in [-0.15, -0.1) is 0 Å². The van der Waals surface area contributed by atoms with Gasteiger partial charge in [-0.25, -0.2) is 9.97 Å². The van der Waals surface area contributed by atoms with E-state index in [-0.39, 0.29) is 0 Å². The van der Waals surface area contributed by atoms with Crippen LogP contribution in [-0.4, -0.2) is 23.1 Å². The van der Waals surface area contributed by atoms with E-state index in [1.54, 1.807) is 0 Å². The second-order valence-electron chi connectivity index (χ2n) is 6.96. The van der Waals surface area contributed by atoms with Crippen molar-refractivity contribution in [3.8, 4) is 0 Å². The predicted molar refractivity (Wildman–Crippen MR) is 87.8 cm³/mol. The molecule has 0 spiro atoms. The Hall–Kier alpha value is -1.32. The second-order valence-corrected chi connectivity index (χ2v) is 6.96. The lowest BCUT2D eigenvalue weighted by Crippen LogP contribution is -2.35. The molecule has 2 fully saturated rings. The maximum absolute atomic E-state index is 4.77. The lowest BCUT2D eigenvalue weighted by molar-refractivity contribution is 0.253. The van der Waals surface area contributed by atoms with Crippen LogP contribution in [0.25, 0.3) is 0 Å². The Morgan fingerprint density at radius 1 is 1.05 bits per heavy atom. The van der Waals surface area contributed by atoms with Gasteiger partial charge in [0.15, 0.2) is 0 Å². The minimum absolute atomic E-state index is 0.561. The van der Waals surface area contributed by atoms with Crippen molar-refractivity contribution in [3.05, 3.63) is 11.9 Å². The molecule has 2 unspecified atom stereocenters. The van der Waals surface area contributed by atoms with Gasteiger partial charge in [0.2, 0.25) is 0 Å². The van der Waals surface area contributed by atoms with E-state index in [9.17, 15) is 0 Å². The molecule has 0 aromatic carbocycles. The van der Waals surface area contributed by atoms with Gasteiger partial charge in [-0.3, -0.25) is 0 Å². The summed E-state index contributed by atoms with van der Waals surface area (Å²) in [5, 5.41) is 6.89. The van der Waals surface area contributed by atoms with Crippen molar-refractivity contribution in [2.75, 3.05) is 17.7 Å². The van der Waals surface area contributed by atoms with E-state index < -0.39 is 0 Å². The average molecular weight is 288 g/mol. The van der Waals surface area contributed by atoms with Gasteiger partial charge in [-0.05, 0) is 37.5 Å². The molecular weight excluding hydrogens is 260 g/mol. The van der Waals surface area contributed by atoms with Crippen molar-refractivity contribution < 1.29 is 0 Å². The van der Waals surface area contributed by atoms with Crippen molar-refractivity contribution >= 4 is 11.6 Å². The standard InChI is InChI=1S/C17H28N4/c1-11(2)13-6-4-5-7-14(13)19-16-10-15(18-3)20-17(21-16)12-8-9-12/h10-14H,4-9H2,1-3H3,(H2,18,19,20,21). The summed E-state index contributed by atoms with van der Waals surface area (Å²) in [4.78, 5) is 9.37. The highest BCUT2D eigenvalue weighted by Gasteiger charge is 2.30. The first kappa shape index (κ1) is 14.6. The number of aromatic nitrogens is 2. The van der Waals surface area contributed by atoms with E-state index in [1.807, 2.05) is 7.05 Å². The zero-order valence-electron chi connectivity index (χ0n) is 13.5. The van der Waals surface area contributed by atoms with Crippen molar-refractivity contribution in [3.63, 3.8) is 0 Å². The maximum atomic E-state index is 4.77. The predicted octanol–water partition coefficient (Wildman–Crippen LogP) is 4.02. The molecule has 0 bridgehead atoms. The molecular formula is C17H28N4. The molecule has 0 radical (unpaired) electrons. The lowest BCUT2D eigenvalue weighted by atomic mass is 9.78. The summed E-state index contributed by atoms with van der Waals surface area (Å²) >= 11 is 0. The third-order valence-corrected chi connectivity index (χ3v) is 4.95. The minimum atomic E-state index is 0.561. The van der Waals surface area contributed by atoms with Crippen molar-refractivity contribution in [2.24, 2.45) is 11.8 Å². The van der Waals surface area contributed by atoms with Crippen molar-refractivity contribution in [1.82, 2.24) is 9.97 Å². The fourth-order valence-electron chi connectivity index (χ4n) is 3.52. The summed E-state index contributed by atoms with van der Waals surface area (Å²) in [5.74, 6) is 5.04. The first-order valence-electron chi connectivity index (χ1n) is 8.50. The van der Waals surface area contributed by atoms with E-state index in [0.29, 0.717) is 12.0 Å². The molecule has 0 amide bonds. The van der Waals surface area contributed by atoms with Gasteiger partial charge in [0.1, 0.15) is 17.5 Å². The number of nitrogens with zero attached hydrogens (tertiary/aromatic N) is 2. The second kappa shape index (κ2) is 6.20. The summed E-state index contributed by atoms with van der Waals surface area (Å²) in [7, 11) is 1.93. The van der Waals surface area contributed by atoms with Gasteiger partial charge in [0, 0.05) is 25.1 Å². The largest absolute Gasteiger partial charge is 0.373 e. The number of anilines is 2. The molecule has 4 nitrogen and oxygen atoms in total. The molecule has 1 aromatic heterocycles. The van der Waals surface area contributed by atoms with Crippen LogP contribution in [0.2, 0.25) is 0 Å². The van der Waals surface area contributed by atoms with E-state index in [1.165, 1.54) is 38.5 Å². The lowest BCUT2D eigenvalue weighted by Gasteiger charge is -2.35. The van der Waals surface area contributed by atoms with Crippen LogP contribution in [0.1, 0.15) is 64.1 Å². The van der Waals surface area contributed by atoms with Crippen LogP contribution in [0.15, 0.2) is 6.07 Å². The zero-order chi connectivity index (χ0) is 14.8. The summed E-state index contributed by atoms with van der Waals surface area (Å²) in [6.07, 6.45) is 7.80. The molecule has 0 aliphatic heterocycles. The molecule has 2 atom stereocenters. The maximum Gasteiger partial charge on any atom is 0.136 e. The summed E-state index contributed by atoms with van der Waals surface area (Å²) in [5.41, 5.74) is 0. The van der Waals surface area contributed by atoms with Gasteiger partial charge in [0.25, 0.3) is 0 Å². The van der Waals surface area contributed by atoms with E-state index in [2.05, 4.69) is 35.5 Å². The summed E-state index contributed by atoms with van der Waals surface area (Å²) in [6.45, 7) is 4.69. The molecule has 4 heteroatoms. The fourth-order valence-corrected chi connectivity index (χ4v) is 3.52. The minimum Gasteiger partial charge on any atom is -0.373 e. The molecule has 116 valence electrons. The monoisotopic (exact) mass is 288 g/mol. The van der Waals surface area contributed by atoms with E-state index >= 15 is 0 Å². The van der Waals surface area contributed by atoms with Crippen LogP contribution in [-0.2, 0) is 0 Å². The molecule has 2 N–H and O–H groups in total. The van der Waals surface area contributed by atoms with Crippen molar-refractivity contribution in [1.29, 1.82) is 0 Å². The van der Waals surface area contributed by atoms with Crippen LogP contribution in [0.4, 0.5) is 11.6 Å². The molecule has 2 aliphatic carbocycles. The number of hydrogen-bond donors (Lipinski definition) is 2. The van der Waals surface area contributed by atoms with E-state index in [0.717, 1.165) is 29.3 Å². The normalized spacial score (nSPS) is 25.9. The van der Waals surface area contributed by atoms with Crippen LogP contribution >= 0.6 is 0 Å². The highest BCUT2D eigenvalue weighted by Crippen LogP contribution is 2.39. The molecule has 3 rings (SSSR count). The van der Waals surface area contributed by atoms with Crippen LogP contribution < -0.4 is 10.6 Å². The van der Waals surface area contributed by atoms with Gasteiger partial charge in [0.05, 0.1) is 0 Å². The smallest absolute Gasteiger partial charge is 0.136 e. The van der Waals surface area contributed by atoms with Crippen LogP contribution in [0.5, 0.6) is 0 Å². The Balaban J connectivity index is 1.77. The molecule has 1 heterocycles. The molecule has 2 aliphatic rings. The first-order valence-corrected chi connectivity index (χ1v) is 8.50. The SMILES string of the molecule is CNc1cc(NC2CCCCC2C(C)C)nc(C2CC2)n1. The topological polar surface area (TPSA) is 49.8 Å². The Morgan fingerprint density at radius 3 is 2.43 bits per heavy atom. The number of rotatable bonds is 5. The first-order chi connectivity index (χ1) is 10.2. The summed E-state index contributed by atoms with van der Waals surface area (Å²) in [6, 6.07) is 2.61. The molecule has 1 aromatic rings. The Bertz CT molecular complexity index is 482. The van der Waals surface area contributed by atoms with Crippen LogP contribution in [0, 0.1) is 11.8 Å². The highest BCUT2D eigenvalue weighted by atomic mass is 15.1. The quantitative estimate of drug-likeness (QED) is 0.859. The Labute approximate surface area is 128 Å². The molecule has 2 saturated carbocycles. The van der Waals surface area contributed by atoms with Crippen molar-refractivity contribution in [2.45, 2.75) is 64.3 Å². The number of hydrogen-bond acceptors (Lipinski definition) is 4. The Kier molecular flexibility index (Phi) is 4.32. The fraction of sp³-hybridized carbons (Fsp3) is 0.765. The van der Waals surface area contributed by atoms with Crippen LogP contribution in [0.3, 0.4) is 0 Å². The van der Waals surface area contributed by atoms with Gasteiger partial charge < -0.3 is 10.6 Å². The van der Waals surface area contributed by atoms with Gasteiger partial charge in [-0.1, -0.05) is 26.7 Å². The summed E-state index contributed by atoms with van der Waals surface area (Å²) < 4.78 is 0. The average Bonchev–Trinajstić information content (AvgIpc) is 3.32. The highest BCUT2D eigenvalue weighted by molar-refractivity contribution is 5.48. The van der Waals surface area contributed by atoms with Gasteiger partial charge >= 0.3 is 0 Å². The third kappa shape index (κ3) is 3.47. The molecule has 0 saturated heterocycles. The zero-order valence-corrected chi connectivity index (χ0v) is 13.5. The Morgan fingerprint density at radius 2 is 1.76 bits per heavy atom. The number of nitrogens with one attached hydrogen (secondary N) is 2. The molecule has 21 heavy (non-hydrogen) atoms. The van der Waals surface area contributed by atoms with E-state index in [4.69, 9.17) is 4.98 Å². The van der Waals surface area contributed by atoms with Gasteiger partial charge in [-0.2, -0.15) is 0 Å². The third-order valence-electron chi connectivity index (χ3n) is 4.95.